The van der Waals surface area contributed by atoms with Crippen LogP contribution in [0, 0.1) is 6.92 Å². The molecule has 0 radical (unpaired) electrons. The van der Waals surface area contributed by atoms with Crippen LogP contribution in [0.3, 0.4) is 0 Å². The quantitative estimate of drug-likeness (QED) is 0.687. The summed E-state index contributed by atoms with van der Waals surface area (Å²) in [5.41, 5.74) is 10.1. The van der Waals surface area contributed by atoms with E-state index in [1.807, 2.05) is 31.4 Å². The van der Waals surface area contributed by atoms with E-state index in [2.05, 4.69) is 28.3 Å². The molecule has 0 bridgehead atoms. The highest BCUT2D eigenvalue weighted by Gasteiger charge is 2.11. The van der Waals surface area contributed by atoms with Crippen molar-refractivity contribution in [1.29, 1.82) is 0 Å². The van der Waals surface area contributed by atoms with E-state index in [0.29, 0.717) is 5.82 Å². The molecule has 96 valence electrons. The lowest BCUT2D eigenvalue weighted by Crippen LogP contribution is -2.08. The lowest BCUT2D eigenvalue weighted by molar-refractivity contribution is 0.810. The zero-order valence-electron chi connectivity index (χ0n) is 11.1. The van der Waals surface area contributed by atoms with Gasteiger partial charge in [0, 0.05) is 23.5 Å². The number of benzene rings is 1. The summed E-state index contributed by atoms with van der Waals surface area (Å²) in [6.07, 6.45) is 1.88. The van der Waals surface area contributed by atoms with Crippen LogP contribution in [0.5, 0.6) is 0 Å². The molecular weight excluding hydrogens is 236 g/mol. The zero-order chi connectivity index (χ0) is 13.4. The normalized spacial score (nSPS) is 11.3. The lowest BCUT2D eigenvalue weighted by Gasteiger charge is -2.12. The van der Waals surface area contributed by atoms with Gasteiger partial charge in [-0.25, -0.2) is 4.98 Å². The Bertz CT molecular complexity index is 765. The van der Waals surface area contributed by atoms with Gasteiger partial charge in [-0.2, -0.15) is 0 Å². The molecule has 2 heterocycles. The minimum atomic E-state index is 0.493. The highest BCUT2D eigenvalue weighted by molar-refractivity contribution is 6.09. The number of fused-ring (bicyclic) bond motifs is 3. The number of para-hydroxylation sites is 1. The summed E-state index contributed by atoms with van der Waals surface area (Å²) in [5, 5.41) is 5.38. The second kappa shape index (κ2) is 4.48. The van der Waals surface area contributed by atoms with Gasteiger partial charge in [0.05, 0.1) is 5.52 Å². The van der Waals surface area contributed by atoms with E-state index >= 15 is 0 Å². The molecule has 3 rings (SSSR count). The molecule has 0 aliphatic heterocycles. The third-order valence-electron chi connectivity index (χ3n) is 3.47. The zero-order valence-corrected chi connectivity index (χ0v) is 11.1. The number of nitrogen functional groups attached to an aromatic ring is 1. The standard InChI is InChI=1S/C15H16N4/c1-9-10(7-17-2)8-18-14-13(9)11-5-3-4-6-12(11)19-15(14)16/h3-6,8,17H,7H2,1-2H3,(H2,16,19). The van der Waals surface area contributed by atoms with Gasteiger partial charge in [-0.3, -0.25) is 4.98 Å². The fraction of sp³-hybridized carbons (Fsp3) is 0.200. The van der Waals surface area contributed by atoms with E-state index in [1.165, 1.54) is 11.1 Å². The first-order valence-electron chi connectivity index (χ1n) is 6.29. The fourth-order valence-electron chi connectivity index (χ4n) is 2.50. The summed E-state index contributed by atoms with van der Waals surface area (Å²) >= 11 is 0. The summed E-state index contributed by atoms with van der Waals surface area (Å²) < 4.78 is 0. The molecule has 1 aromatic carbocycles. The lowest BCUT2D eigenvalue weighted by atomic mass is 10.0. The fourth-order valence-corrected chi connectivity index (χ4v) is 2.50. The Hall–Kier alpha value is -2.20. The van der Waals surface area contributed by atoms with Crippen LogP contribution in [-0.2, 0) is 6.54 Å². The topological polar surface area (TPSA) is 63.8 Å². The van der Waals surface area contributed by atoms with Crippen molar-refractivity contribution >= 4 is 27.6 Å². The third-order valence-corrected chi connectivity index (χ3v) is 3.47. The number of rotatable bonds is 2. The molecule has 0 atom stereocenters. The van der Waals surface area contributed by atoms with Gasteiger partial charge in [-0.1, -0.05) is 18.2 Å². The van der Waals surface area contributed by atoms with E-state index in [9.17, 15) is 0 Å². The number of anilines is 1. The van der Waals surface area contributed by atoms with Gasteiger partial charge in [0.25, 0.3) is 0 Å². The molecule has 2 aromatic heterocycles. The first-order valence-corrected chi connectivity index (χ1v) is 6.29. The van der Waals surface area contributed by atoms with Crippen molar-refractivity contribution in [2.75, 3.05) is 12.8 Å². The number of nitrogens with two attached hydrogens (primary N) is 1. The number of nitrogens with zero attached hydrogens (tertiary/aromatic N) is 2. The molecule has 3 N–H and O–H groups in total. The van der Waals surface area contributed by atoms with Crippen LogP contribution in [0.25, 0.3) is 21.8 Å². The van der Waals surface area contributed by atoms with Gasteiger partial charge in [0.1, 0.15) is 5.52 Å². The van der Waals surface area contributed by atoms with Gasteiger partial charge in [-0.15, -0.1) is 0 Å². The molecule has 4 heteroatoms. The Morgan fingerprint density at radius 1 is 1.26 bits per heavy atom. The first kappa shape index (κ1) is 11.9. The molecule has 3 aromatic rings. The van der Waals surface area contributed by atoms with Crippen LogP contribution in [0.15, 0.2) is 30.5 Å². The van der Waals surface area contributed by atoms with E-state index in [4.69, 9.17) is 5.73 Å². The molecule has 0 unspecified atom stereocenters. The van der Waals surface area contributed by atoms with E-state index < -0.39 is 0 Å². The molecule has 4 nitrogen and oxygen atoms in total. The maximum atomic E-state index is 6.03. The van der Waals surface area contributed by atoms with Crippen molar-refractivity contribution in [3.05, 3.63) is 41.6 Å². The number of aryl methyl sites for hydroxylation is 1. The van der Waals surface area contributed by atoms with Gasteiger partial charge in [0.15, 0.2) is 5.82 Å². The molecule has 0 aliphatic rings. The maximum absolute atomic E-state index is 6.03. The summed E-state index contributed by atoms with van der Waals surface area (Å²) in [5.74, 6) is 0.493. The molecule has 0 fully saturated rings. The smallest absolute Gasteiger partial charge is 0.150 e. The molecule has 0 saturated heterocycles. The predicted octanol–water partition coefficient (Wildman–Crippen LogP) is 2.39. The minimum absolute atomic E-state index is 0.493. The number of nitrogens with one attached hydrogen (secondary N) is 1. The molecular formula is C15H16N4. The molecule has 0 aliphatic carbocycles. The predicted molar refractivity (Wildman–Crippen MR) is 79.0 cm³/mol. The van der Waals surface area contributed by atoms with Crippen molar-refractivity contribution in [1.82, 2.24) is 15.3 Å². The number of hydrogen-bond donors (Lipinski definition) is 2. The highest BCUT2D eigenvalue weighted by Crippen LogP contribution is 2.30. The van der Waals surface area contributed by atoms with Crippen molar-refractivity contribution in [2.24, 2.45) is 0 Å². The van der Waals surface area contributed by atoms with E-state index in [0.717, 1.165) is 28.4 Å². The van der Waals surface area contributed by atoms with Crippen LogP contribution in [0.1, 0.15) is 11.1 Å². The van der Waals surface area contributed by atoms with Crippen molar-refractivity contribution in [3.63, 3.8) is 0 Å². The van der Waals surface area contributed by atoms with Gasteiger partial charge >= 0.3 is 0 Å². The summed E-state index contributed by atoms with van der Waals surface area (Å²) in [7, 11) is 1.93. The van der Waals surface area contributed by atoms with Crippen LogP contribution < -0.4 is 11.1 Å². The van der Waals surface area contributed by atoms with Crippen molar-refractivity contribution in [2.45, 2.75) is 13.5 Å². The first-order chi connectivity index (χ1) is 9.22. The second-order valence-corrected chi connectivity index (χ2v) is 4.68. The van der Waals surface area contributed by atoms with Gasteiger partial charge in [0.2, 0.25) is 0 Å². The third kappa shape index (κ3) is 1.81. The number of pyridine rings is 2. The molecule has 0 saturated carbocycles. The van der Waals surface area contributed by atoms with E-state index in [1.54, 1.807) is 0 Å². The van der Waals surface area contributed by atoms with Crippen molar-refractivity contribution in [3.8, 4) is 0 Å². The minimum Gasteiger partial charge on any atom is -0.382 e. The Kier molecular flexibility index (Phi) is 2.80. The summed E-state index contributed by atoms with van der Waals surface area (Å²) in [6.45, 7) is 2.91. The average Bonchev–Trinajstić information content (AvgIpc) is 2.42. The van der Waals surface area contributed by atoms with Crippen LogP contribution in [0.4, 0.5) is 5.82 Å². The monoisotopic (exact) mass is 252 g/mol. The molecule has 0 spiro atoms. The summed E-state index contributed by atoms with van der Waals surface area (Å²) in [4.78, 5) is 8.90. The maximum Gasteiger partial charge on any atom is 0.150 e. The van der Waals surface area contributed by atoms with Crippen LogP contribution in [0.2, 0.25) is 0 Å². The van der Waals surface area contributed by atoms with E-state index in [-0.39, 0.29) is 0 Å². The van der Waals surface area contributed by atoms with Gasteiger partial charge < -0.3 is 11.1 Å². The Morgan fingerprint density at radius 3 is 2.84 bits per heavy atom. The van der Waals surface area contributed by atoms with Gasteiger partial charge in [-0.05, 0) is 31.2 Å². The molecule has 19 heavy (non-hydrogen) atoms. The Balaban J connectivity index is 2.48. The van der Waals surface area contributed by atoms with Crippen LogP contribution in [-0.4, -0.2) is 17.0 Å². The molecule has 0 amide bonds. The number of aromatic nitrogens is 2. The van der Waals surface area contributed by atoms with Crippen LogP contribution >= 0.6 is 0 Å². The Labute approximate surface area is 111 Å². The largest absolute Gasteiger partial charge is 0.382 e. The van der Waals surface area contributed by atoms with Crippen molar-refractivity contribution < 1.29 is 0 Å². The highest BCUT2D eigenvalue weighted by atomic mass is 14.9. The summed E-state index contributed by atoms with van der Waals surface area (Å²) in [6, 6.07) is 8.04. The SMILES string of the molecule is CNCc1cnc2c(N)nc3ccccc3c2c1C. The average molecular weight is 252 g/mol. The second-order valence-electron chi connectivity index (χ2n) is 4.68. The number of hydrogen-bond acceptors (Lipinski definition) is 4. The Morgan fingerprint density at radius 2 is 2.05 bits per heavy atom.